The predicted octanol–water partition coefficient (Wildman–Crippen LogP) is 4.62. The molecule has 4 aromatic rings. The number of nitrogens with one attached hydrogen (secondary N) is 1. The fourth-order valence-corrected chi connectivity index (χ4v) is 7.27. The van der Waals surface area contributed by atoms with Crippen molar-refractivity contribution in [3.63, 3.8) is 0 Å². The molecule has 3 aliphatic rings. The second kappa shape index (κ2) is 8.03. The van der Waals surface area contributed by atoms with Crippen LogP contribution in [0.4, 0.5) is 8.78 Å². The first-order valence-electron chi connectivity index (χ1n) is 12.2. The molecule has 4 heterocycles. The molecule has 2 bridgehead atoms. The lowest BCUT2D eigenvalue weighted by Crippen LogP contribution is -2.30. The van der Waals surface area contributed by atoms with E-state index in [1.165, 1.54) is 18.5 Å². The molecular formula is C26H22F2N6O3S. The molecule has 1 unspecified atom stereocenters. The lowest BCUT2D eigenvalue weighted by molar-refractivity contribution is -0.0505. The number of hydrogen-bond acceptors (Lipinski definition) is 7. The third kappa shape index (κ3) is 3.35. The van der Waals surface area contributed by atoms with Gasteiger partial charge in [-0.25, -0.2) is 18.5 Å². The maximum absolute atomic E-state index is 13.3. The van der Waals surface area contributed by atoms with Crippen molar-refractivity contribution in [3.8, 4) is 17.0 Å². The molecule has 1 saturated carbocycles. The number of halogens is 2. The highest BCUT2D eigenvalue weighted by Gasteiger charge is 2.46. The van der Waals surface area contributed by atoms with E-state index in [2.05, 4.69) is 9.97 Å². The number of ether oxygens (including phenoxy) is 1. The lowest BCUT2D eigenvalue weighted by Gasteiger charge is -2.23. The summed E-state index contributed by atoms with van der Waals surface area (Å²) >= 11 is 0. The number of rotatable bonds is 5. The molecule has 1 aliphatic heterocycles. The van der Waals surface area contributed by atoms with E-state index < -0.39 is 16.3 Å². The van der Waals surface area contributed by atoms with Gasteiger partial charge in [-0.1, -0.05) is 6.07 Å². The third-order valence-corrected chi connectivity index (χ3v) is 9.94. The molecule has 9 nitrogen and oxygen atoms in total. The van der Waals surface area contributed by atoms with E-state index >= 15 is 0 Å². The van der Waals surface area contributed by atoms with Gasteiger partial charge in [0, 0.05) is 46.7 Å². The van der Waals surface area contributed by atoms with Gasteiger partial charge in [0.15, 0.2) is 5.03 Å². The molecule has 0 spiro atoms. The first kappa shape index (κ1) is 23.2. The average molecular weight is 537 g/mol. The van der Waals surface area contributed by atoms with Crippen LogP contribution >= 0.6 is 0 Å². The van der Waals surface area contributed by atoms with Crippen molar-refractivity contribution in [2.45, 2.75) is 48.1 Å². The molecule has 1 aromatic carbocycles. The van der Waals surface area contributed by atoms with Crippen LogP contribution in [0.2, 0.25) is 0 Å². The van der Waals surface area contributed by atoms with Gasteiger partial charge >= 0.3 is 6.61 Å². The number of carbonyl (C=O) groups is 1. The predicted molar refractivity (Wildman–Crippen MR) is 133 cm³/mol. The minimum absolute atomic E-state index is 0.00985. The van der Waals surface area contributed by atoms with E-state index in [1.54, 1.807) is 34.8 Å². The quantitative estimate of drug-likeness (QED) is 0.398. The summed E-state index contributed by atoms with van der Waals surface area (Å²) in [6, 6.07) is 8.09. The van der Waals surface area contributed by atoms with Gasteiger partial charge in [-0.2, -0.15) is 13.9 Å². The Labute approximate surface area is 216 Å². The SMILES string of the molecule is CN1C(=O)c2cccc(OC(F)F)c2[C@H]2C[C@@H]1c1nn3ccc(-c4cnc(S(=N)(=O)C5CC5)cn4)cc3c12. The van der Waals surface area contributed by atoms with Crippen LogP contribution in [0.1, 0.15) is 58.4 Å². The van der Waals surface area contributed by atoms with Crippen molar-refractivity contribution in [1.29, 1.82) is 4.78 Å². The second-order valence-corrected chi connectivity index (χ2v) is 12.2. The number of carbonyl (C=O) groups excluding carboxylic acids is 1. The number of aromatic nitrogens is 4. The Morgan fingerprint density at radius 3 is 2.68 bits per heavy atom. The van der Waals surface area contributed by atoms with Gasteiger partial charge in [0.1, 0.15) is 5.75 Å². The van der Waals surface area contributed by atoms with Crippen LogP contribution < -0.4 is 4.74 Å². The van der Waals surface area contributed by atoms with Gasteiger partial charge < -0.3 is 9.64 Å². The van der Waals surface area contributed by atoms with Crippen LogP contribution in [0, 0.1) is 4.78 Å². The first-order valence-corrected chi connectivity index (χ1v) is 13.8. The monoisotopic (exact) mass is 536 g/mol. The highest BCUT2D eigenvalue weighted by Crippen LogP contribution is 2.53. The molecule has 194 valence electrons. The smallest absolute Gasteiger partial charge is 0.387 e. The Kier molecular flexibility index (Phi) is 4.91. The summed E-state index contributed by atoms with van der Waals surface area (Å²) in [4.78, 5) is 23.6. The van der Waals surface area contributed by atoms with E-state index in [4.69, 9.17) is 14.6 Å². The fraction of sp³-hybridized carbons (Fsp3) is 0.308. The molecule has 0 saturated heterocycles. The molecule has 1 amide bonds. The van der Waals surface area contributed by atoms with Crippen LogP contribution in [-0.4, -0.2) is 53.5 Å². The highest BCUT2D eigenvalue weighted by atomic mass is 32.2. The first-order chi connectivity index (χ1) is 18.2. The molecule has 3 atom stereocenters. The van der Waals surface area contributed by atoms with Crippen LogP contribution in [0.15, 0.2) is 53.9 Å². The Bertz CT molecular complexity index is 1730. The van der Waals surface area contributed by atoms with Crippen molar-refractivity contribution >= 4 is 21.2 Å². The summed E-state index contributed by atoms with van der Waals surface area (Å²) in [5, 5.41) is 4.81. The fourth-order valence-electron chi connectivity index (χ4n) is 5.71. The lowest BCUT2D eigenvalue weighted by atomic mass is 9.88. The maximum atomic E-state index is 13.3. The number of nitrogens with zero attached hydrogens (tertiary/aromatic N) is 5. The molecule has 2 aliphatic carbocycles. The van der Waals surface area contributed by atoms with E-state index in [0.29, 0.717) is 23.2 Å². The number of pyridine rings is 1. The molecule has 7 rings (SSSR count). The van der Waals surface area contributed by atoms with Crippen LogP contribution in [0.5, 0.6) is 5.75 Å². The highest BCUT2D eigenvalue weighted by molar-refractivity contribution is 7.93. The summed E-state index contributed by atoms with van der Waals surface area (Å²) in [6.07, 6.45) is 6.76. The van der Waals surface area contributed by atoms with E-state index in [1.807, 2.05) is 12.1 Å². The van der Waals surface area contributed by atoms with Crippen molar-refractivity contribution in [1.82, 2.24) is 24.5 Å². The number of hydrogen-bond donors (Lipinski definition) is 1. The van der Waals surface area contributed by atoms with Crippen LogP contribution in [-0.2, 0) is 9.73 Å². The summed E-state index contributed by atoms with van der Waals surface area (Å²) in [7, 11) is -1.25. The Morgan fingerprint density at radius 2 is 1.97 bits per heavy atom. The minimum atomic E-state index is -3.02. The van der Waals surface area contributed by atoms with Gasteiger partial charge in [-0.15, -0.1) is 0 Å². The zero-order chi connectivity index (χ0) is 26.3. The topological polar surface area (TPSA) is 114 Å². The van der Waals surface area contributed by atoms with Gasteiger partial charge in [-0.3, -0.25) is 9.78 Å². The molecular weight excluding hydrogens is 514 g/mol. The van der Waals surface area contributed by atoms with Crippen molar-refractivity contribution < 1.29 is 22.5 Å². The van der Waals surface area contributed by atoms with Crippen LogP contribution in [0.3, 0.4) is 0 Å². The van der Waals surface area contributed by atoms with Gasteiger partial charge in [0.25, 0.3) is 5.91 Å². The van der Waals surface area contributed by atoms with Crippen molar-refractivity contribution in [3.05, 3.63) is 71.3 Å². The normalized spacial score (nSPS) is 21.8. The molecule has 1 fully saturated rings. The molecule has 38 heavy (non-hydrogen) atoms. The summed E-state index contributed by atoms with van der Waals surface area (Å²) in [5.41, 5.74) is 4.42. The zero-order valence-corrected chi connectivity index (χ0v) is 21.0. The number of benzene rings is 1. The minimum Gasteiger partial charge on any atom is -0.434 e. The summed E-state index contributed by atoms with van der Waals surface area (Å²) in [6.45, 7) is -3.02. The van der Waals surface area contributed by atoms with Crippen LogP contribution in [0.25, 0.3) is 16.8 Å². The molecule has 1 N–H and O–H groups in total. The van der Waals surface area contributed by atoms with Gasteiger partial charge in [0.2, 0.25) is 0 Å². The molecule has 0 radical (unpaired) electrons. The van der Waals surface area contributed by atoms with Crippen molar-refractivity contribution in [2.24, 2.45) is 0 Å². The number of alkyl halides is 2. The standard InChI is InChI=1S/C26H22F2N6O3S/c1-33-19-10-16(22-15(25(33)35)3-2-4-20(22)37-26(27)28)23-18-9-13(7-8-34(18)32-24(19)23)17-11-31-21(12-30-17)38(29,36)14-5-6-14/h2-4,7-9,11-12,14,16,19,26,29H,5-6,10H2,1H3/t16-,19-,38?/m1/s1. The maximum Gasteiger partial charge on any atom is 0.387 e. The third-order valence-electron chi connectivity index (χ3n) is 7.70. The largest absolute Gasteiger partial charge is 0.434 e. The molecule has 3 aromatic heterocycles. The Hall–Kier alpha value is -3.93. The van der Waals surface area contributed by atoms with E-state index in [0.717, 1.165) is 35.2 Å². The van der Waals surface area contributed by atoms with E-state index in [9.17, 15) is 17.8 Å². The molecule has 12 heteroatoms. The van der Waals surface area contributed by atoms with E-state index in [-0.39, 0.29) is 33.9 Å². The Morgan fingerprint density at radius 1 is 1.16 bits per heavy atom. The number of amides is 1. The second-order valence-electron chi connectivity index (χ2n) is 9.90. The van der Waals surface area contributed by atoms with Crippen molar-refractivity contribution in [2.75, 3.05) is 7.05 Å². The number of fused-ring (bicyclic) bond motifs is 9. The zero-order valence-electron chi connectivity index (χ0n) is 20.2. The van der Waals surface area contributed by atoms with Gasteiger partial charge in [0.05, 0.1) is 45.1 Å². The Balaban J connectivity index is 1.36. The average Bonchev–Trinajstić information content (AvgIpc) is 3.63. The summed E-state index contributed by atoms with van der Waals surface area (Å²) < 4.78 is 54.1. The van der Waals surface area contributed by atoms with Gasteiger partial charge in [-0.05, 0) is 43.5 Å². The summed E-state index contributed by atoms with van der Waals surface area (Å²) in [5.74, 6) is -0.644.